The first-order chi connectivity index (χ1) is 14.1. The van der Waals surface area contributed by atoms with Crippen LogP contribution in [0.2, 0.25) is 5.02 Å². The molecule has 0 saturated heterocycles. The maximum Gasteiger partial charge on any atom is 0.243 e. The Kier molecular flexibility index (Phi) is 8.33. The minimum atomic E-state index is -3.76. The summed E-state index contributed by atoms with van der Waals surface area (Å²) < 4.78 is 38.9. The summed E-state index contributed by atoms with van der Waals surface area (Å²) in [4.78, 5) is 23.8. The van der Waals surface area contributed by atoms with Gasteiger partial charge in [-0.2, -0.15) is 0 Å². The highest BCUT2D eigenvalue weighted by atomic mass is 35.5. The van der Waals surface area contributed by atoms with Crippen molar-refractivity contribution < 1.29 is 22.4 Å². The van der Waals surface area contributed by atoms with E-state index in [1.807, 2.05) is 6.92 Å². The van der Waals surface area contributed by atoms with Gasteiger partial charge in [-0.25, -0.2) is 17.1 Å². The Morgan fingerprint density at radius 2 is 1.77 bits per heavy atom. The number of carbonyl (C=O) groups excluding carboxylic acids is 2. The monoisotopic (exact) mass is 455 g/mol. The zero-order valence-corrected chi connectivity index (χ0v) is 18.2. The minimum absolute atomic E-state index is 0.0257. The summed E-state index contributed by atoms with van der Waals surface area (Å²) in [6.07, 6.45) is 0.302. The molecule has 2 rings (SSSR count). The highest BCUT2D eigenvalue weighted by molar-refractivity contribution is 7.89. The molecule has 2 aromatic rings. The highest BCUT2D eigenvalue weighted by Gasteiger charge is 2.20. The highest BCUT2D eigenvalue weighted by Crippen LogP contribution is 2.22. The van der Waals surface area contributed by atoms with Crippen LogP contribution in [-0.4, -0.2) is 44.7 Å². The predicted molar refractivity (Wildman–Crippen MR) is 113 cm³/mol. The second-order valence-corrected chi connectivity index (χ2v) is 9.14. The van der Waals surface area contributed by atoms with Gasteiger partial charge in [-0.1, -0.05) is 17.7 Å². The average molecular weight is 456 g/mol. The molecule has 30 heavy (non-hydrogen) atoms. The lowest BCUT2D eigenvalue weighted by Gasteiger charge is -2.17. The Labute approximate surface area is 180 Å². The largest absolute Gasteiger partial charge is 0.347 e. The maximum absolute atomic E-state index is 13.0. The van der Waals surface area contributed by atoms with E-state index in [4.69, 9.17) is 11.6 Å². The van der Waals surface area contributed by atoms with Gasteiger partial charge < -0.3 is 10.6 Å². The molecular formula is C20H23ClFN3O4S. The van der Waals surface area contributed by atoms with Gasteiger partial charge >= 0.3 is 0 Å². The van der Waals surface area contributed by atoms with E-state index in [1.54, 1.807) is 18.2 Å². The van der Waals surface area contributed by atoms with Crippen LogP contribution in [0, 0.1) is 12.7 Å². The summed E-state index contributed by atoms with van der Waals surface area (Å²) in [5.41, 5.74) is 1.41. The van der Waals surface area contributed by atoms with Crippen LogP contribution in [0.4, 0.5) is 10.1 Å². The van der Waals surface area contributed by atoms with Gasteiger partial charge in [0.1, 0.15) is 5.82 Å². The molecule has 0 spiro atoms. The Morgan fingerprint density at radius 3 is 2.40 bits per heavy atom. The van der Waals surface area contributed by atoms with Crippen molar-refractivity contribution >= 4 is 39.1 Å². The maximum atomic E-state index is 13.0. The number of rotatable bonds is 9. The number of hydrogen-bond donors (Lipinski definition) is 2. The second kappa shape index (κ2) is 10.5. The third kappa shape index (κ3) is 6.79. The molecule has 0 aromatic heterocycles. The van der Waals surface area contributed by atoms with E-state index in [-0.39, 0.29) is 36.7 Å². The van der Waals surface area contributed by atoms with Crippen molar-refractivity contribution in [1.82, 2.24) is 9.62 Å². The van der Waals surface area contributed by atoms with E-state index in [1.165, 1.54) is 19.2 Å². The number of halogens is 2. The number of anilines is 1. The van der Waals surface area contributed by atoms with Crippen LogP contribution >= 0.6 is 11.6 Å². The summed E-state index contributed by atoms with van der Waals surface area (Å²) in [7, 11) is -2.38. The molecule has 162 valence electrons. The van der Waals surface area contributed by atoms with Gasteiger partial charge in [-0.3, -0.25) is 9.59 Å². The second-order valence-electron chi connectivity index (χ2n) is 6.69. The van der Waals surface area contributed by atoms with Gasteiger partial charge in [0.15, 0.2) is 0 Å². The fourth-order valence-corrected chi connectivity index (χ4v) is 4.04. The fourth-order valence-electron chi connectivity index (χ4n) is 2.55. The molecule has 0 bridgehead atoms. The first kappa shape index (κ1) is 23.8. The van der Waals surface area contributed by atoms with Crippen molar-refractivity contribution in [1.29, 1.82) is 0 Å². The molecule has 2 aromatic carbocycles. The van der Waals surface area contributed by atoms with Crippen molar-refractivity contribution in [2.45, 2.75) is 24.7 Å². The third-order valence-electron chi connectivity index (χ3n) is 4.24. The topological polar surface area (TPSA) is 95.6 Å². The third-order valence-corrected chi connectivity index (χ3v) is 6.43. The number of sulfonamides is 1. The molecule has 0 heterocycles. The van der Waals surface area contributed by atoms with Crippen LogP contribution in [0.5, 0.6) is 0 Å². The number of benzene rings is 2. The average Bonchev–Trinajstić information content (AvgIpc) is 2.68. The number of amides is 2. The minimum Gasteiger partial charge on any atom is -0.347 e. The predicted octanol–water partition coefficient (Wildman–Crippen LogP) is 2.94. The molecule has 0 unspecified atom stereocenters. The van der Waals surface area contributed by atoms with Gasteiger partial charge in [0.2, 0.25) is 21.8 Å². The molecule has 2 amide bonds. The number of nitrogens with zero attached hydrogens (tertiary/aromatic N) is 1. The van der Waals surface area contributed by atoms with Crippen LogP contribution in [0.1, 0.15) is 18.4 Å². The smallest absolute Gasteiger partial charge is 0.243 e. The van der Waals surface area contributed by atoms with Crippen LogP contribution in [0.3, 0.4) is 0 Å². The summed E-state index contributed by atoms with van der Waals surface area (Å²) in [6, 6.07) is 9.71. The van der Waals surface area contributed by atoms with E-state index >= 15 is 0 Å². The van der Waals surface area contributed by atoms with Crippen LogP contribution < -0.4 is 10.6 Å². The van der Waals surface area contributed by atoms with Crippen molar-refractivity contribution in [2.24, 2.45) is 0 Å². The molecule has 0 aliphatic heterocycles. The van der Waals surface area contributed by atoms with Crippen molar-refractivity contribution in [3.05, 3.63) is 58.9 Å². The summed E-state index contributed by atoms with van der Waals surface area (Å²) in [6.45, 7) is 1.74. The molecule has 10 heteroatoms. The van der Waals surface area contributed by atoms with Gasteiger partial charge in [0.25, 0.3) is 0 Å². The van der Waals surface area contributed by atoms with E-state index in [2.05, 4.69) is 10.6 Å². The molecular weight excluding hydrogens is 433 g/mol. The zero-order valence-electron chi connectivity index (χ0n) is 16.6. The SMILES string of the molecule is Cc1ccc(NC(=O)CNC(=O)CCCN(C)S(=O)(=O)c2ccc(F)cc2)c(Cl)c1. The lowest BCUT2D eigenvalue weighted by Crippen LogP contribution is -2.34. The van der Waals surface area contributed by atoms with Crippen LogP contribution in [-0.2, 0) is 19.6 Å². The summed E-state index contributed by atoms with van der Waals surface area (Å²) in [5.74, 6) is -1.33. The lowest BCUT2D eigenvalue weighted by atomic mass is 10.2. The van der Waals surface area contributed by atoms with Crippen LogP contribution in [0.25, 0.3) is 0 Å². The molecule has 7 nitrogen and oxygen atoms in total. The Morgan fingerprint density at radius 1 is 1.10 bits per heavy atom. The first-order valence-corrected chi connectivity index (χ1v) is 11.0. The van der Waals surface area contributed by atoms with Crippen LogP contribution in [0.15, 0.2) is 47.4 Å². The zero-order chi connectivity index (χ0) is 22.3. The molecule has 0 saturated carbocycles. The van der Waals surface area contributed by atoms with Gasteiger partial charge in [0, 0.05) is 20.0 Å². The molecule has 0 aliphatic rings. The molecule has 2 N–H and O–H groups in total. The van der Waals surface area contributed by atoms with Gasteiger partial charge in [-0.05, 0) is 55.3 Å². The Hall–Kier alpha value is -2.49. The molecule has 0 aliphatic carbocycles. The quantitative estimate of drug-likeness (QED) is 0.607. The van der Waals surface area contributed by atoms with E-state index in [9.17, 15) is 22.4 Å². The summed E-state index contributed by atoms with van der Waals surface area (Å²) >= 11 is 6.05. The number of aryl methyl sites for hydroxylation is 1. The van der Waals surface area contributed by atoms with Crippen molar-refractivity contribution in [3.8, 4) is 0 Å². The number of nitrogens with one attached hydrogen (secondary N) is 2. The lowest BCUT2D eigenvalue weighted by molar-refractivity contribution is -0.124. The normalized spacial score (nSPS) is 11.4. The van der Waals surface area contributed by atoms with E-state index < -0.39 is 21.7 Å². The molecule has 0 atom stereocenters. The van der Waals surface area contributed by atoms with Crippen molar-refractivity contribution in [3.63, 3.8) is 0 Å². The molecule has 0 radical (unpaired) electrons. The van der Waals surface area contributed by atoms with Gasteiger partial charge in [0.05, 0.1) is 22.2 Å². The molecule has 0 fully saturated rings. The fraction of sp³-hybridized carbons (Fsp3) is 0.300. The number of carbonyl (C=O) groups is 2. The van der Waals surface area contributed by atoms with E-state index in [0.717, 1.165) is 22.0 Å². The Bertz CT molecular complexity index is 1010. The summed E-state index contributed by atoms with van der Waals surface area (Å²) in [5, 5.41) is 5.49. The number of hydrogen-bond acceptors (Lipinski definition) is 4. The first-order valence-electron chi connectivity index (χ1n) is 9.14. The van der Waals surface area contributed by atoms with E-state index in [0.29, 0.717) is 10.7 Å². The van der Waals surface area contributed by atoms with Gasteiger partial charge in [-0.15, -0.1) is 0 Å². The van der Waals surface area contributed by atoms with Crippen molar-refractivity contribution in [2.75, 3.05) is 25.5 Å². The standard InChI is InChI=1S/C20H23ClFN3O4S/c1-14-5-10-18(17(21)12-14)24-20(27)13-23-19(26)4-3-11-25(2)30(28,29)16-8-6-15(22)7-9-16/h5-10,12H,3-4,11,13H2,1-2H3,(H,23,26)(H,24,27). The Balaban J connectivity index is 1.75.